The highest BCUT2D eigenvalue weighted by molar-refractivity contribution is 7.55. The molecule has 1 aromatic heterocycles. The van der Waals surface area contributed by atoms with Crippen LogP contribution < -0.4 is 36.1 Å². The van der Waals surface area contributed by atoms with Gasteiger partial charge < -0.3 is 54.4 Å². The molecule has 1 atom stereocenters. The molecule has 1 fully saturated rings. The van der Waals surface area contributed by atoms with Crippen LogP contribution in [0.3, 0.4) is 0 Å². The van der Waals surface area contributed by atoms with Gasteiger partial charge in [0.25, 0.3) is 5.91 Å². The number of aryl methyl sites for hydroxylation is 1. The van der Waals surface area contributed by atoms with Crippen LogP contribution in [0.5, 0.6) is 11.5 Å². The summed E-state index contributed by atoms with van der Waals surface area (Å²) >= 11 is 0. The summed E-state index contributed by atoms with van der Waals surface area (Å²) in [5.74, 6) is 0.0650. The third-order valence-corrected chi connectivity index (χ3v) is 18.3. The molecule has 3 aliphatic rings. The lowest BCUT2D eigenvalue weighted by Crippen LogP contribution is -2.50. The van der Waals surface area contributed by atoms with Crippen LogP contribution in [-0.2, 0) is 38.2 Å². The molecule has 5 N–H and O–H groups in total. The zero-order valence-electron chi connectivity index (χ0n) is 54.1. The molecular weight excluding hydrogens is 1180 g/mol. The number of anilines is 1. The van der Waals surface area contributed by atoms with Crippen LogP contribution in [-0.4, -0.2) is 118 Å². The van der Waals surface area contributed by atoms with Crippen LogP contribution in [0, 0.1) is 0 Å². The molecule has 0 radical (unpaired) electrons. The van der Waals surface area contributed by atoms with Gasteiger partial charge in [0.1, 0.15) is 28.4 Å². The topological polar surface area (TPSA) is 248 Å². The molecule has 3 amide bonds. The largest absolute Gasteiger partial charge is 0.456 e. The van der Waals surface area contributed by atoms with Crippen molar-refractivity contribution in [2.45, 2.75) is 130 Å². The number of aliphatic imine (C=N–C) groups is 1. The summed E-state index contributed by atoms with van der Waals surface area (Å²) in [5, 5.41) is 13.4. The lowest BCUT2D eigenvalue weighted by atomic mass is 9.90. The Morgan fingerprint density at radius 3 is 2.07 bits per heavy atom. The van der Waals surface area contributed by atoms with Crippen molar-refractivity contribution in [3.05, 3.63) is 174 Å². The molecule has 0 saturated carbocycles. The molecule has 3 heterocycles. The number of amides is 3. The molecule has 1 aliphatic carbocycles. The molecule has 20 nitrogen and oxygen atoms in total. The number of nitrogens with one attached hydrogen (secondary N) is 1. The molecule has 0 bridgehead atoms. The van der Waals surface area contributed by atoms with Crippen LogP contribution in [0.4, 0.5) is 16.2 Å². The minimum atomic E-state index is -4.26. The van der Waals surface area contributed by atoms with Gasteiger partial charge in [-0.3, -0.25) is 19.3 Å². The van der Waals surface area contributed by atoms with Crippen LogP contribution in [0.15, 0.2) is 166 Å². The third kappa shape index (κ3) is 18.4. The van der Waals surface area contributed by atoms with Crippen molar-refractivity contribution >= 4 is 53.8 Å². The summed E-state index contributed by atoms with van der Waals surface area (Å²) in [6, 6.07) is 44.4. The first-order valence-electron chi connectivity index (χ1n) is 32.0. The smallest absolute Gasteiger partial charge is 0.453 e. The van der Waals surface area contributed by atoms with Gasteiger partial charge in [-0.05, 0) is 139 Å². The number of alkyl carbamates (subject to hydrolysis) is 1. The Morgan fingerprint density at radius 1 is 0.739 bits per heavy atom. The number of guanidine groups is 1. The number of nitrogens with zero attached hydrogens (tertiary/aromatic N) is 8. The quantitative estimate of drug-likeness (QED) is 0.0125. The Bertz CT molecular complexity index is 3810. The number of carbonyl (C=O) groups excluding carboxylic acids is 3. The van der Waals surface area contributed by atoms with Crippen LogP contribution in [0.1, 0.15) is 115 Å². The fourth-order valence-electron chi connectivity index (χ4n) is 11.5. The molecule has 5 aromatic carbocycles. The van der Waals surface area contributed by atoms with E-state index in [0.29, 0.717) is 86.1 Å². The van der Waals surface area contributed by atoms with Gasteiger partial charge in [-0.15, -0.1) is 5.10 Å². The summed E-state index contributed by atoms with van der Waals surface area (Å²) in [5.41, 5.74) is 16.7. The zero-order chi connectivity index (χ0) is 65.3. The summed E-state index contributed by atoms with van der Waals surface area (Å²) in [6.07, 6.45) is 7.15. The van der Waals surface area contributed by atoms with Gasteiger partial charge in [-0.2, -0.15) is 0 Å². The molecule has 486 valence electrons. The number of hydrogen-bond acceptors (Lipinski definition) is 14. The fraction of sp³-hybridized carbons (Fsp3) is 0.394. The number of rotatable bonds is 30. The van der Waals surface area contributed by atoms with Crippen molar-refractivity contribution in [2.24, 2.45) is 21.5 Å². The van der Waals surface area contributed by atoms with Gasteiger partial charge >= 0.3 is 13.7 Å². The first-order chi connectivity index (χ1) is 44.3. The average molecular weight is 1270 g/mol. The normalized spacial score (nSPS) is 13.4. The maximum absolute atomic E-state index is 15.1. The third-order valence-electron chi connectivity index (χ3n) is 16.3. The van der Waals surface area contributed by atoms with E-state index < -0.39 is 30.7 Å². The van der Waals surface area contributed by atoms with Gasteiger partial charge in [-0.1, -0.05) is 91.2 Å². The standard InChI is InChI=1S/C71H88N11O9P/c1-8-74-53-35-37-60-62(47-53)88-63-48-55(79(9-2)10-3)36-38-61(63)66(60)58-28-21-22-29-59(58)67(84)81-43-41-80(42-44-81)65(83)30-20-12-11-13-23-40-82-50-54(77-78-82)49-71(6,7)87-45-39-70(4,5)89-69(85)76-64(46-51-31-33-52(34-32-51)75-68(72)73)92(86,90-56-24-16-14-17-25-56)91-57-26-18-15-19-27-57/h14-19,21-22,24-29,31-38,47-48,50,64H,8-13,20,23,30,39-46,49H2,1-7H3,(H,76,85)(H4,72,73,75). The Morgan fingerprint density at radius 2 is 1.39 bits per heavy atom. The molecule has 1 unspecified atom stereocenters. The summed E-state index contributed by atoms with van der Waals surface area (Å²) in [6.45, 7) is 19.1. The van der Waals surface area contributed by atoms with Crippen molar-refractivity contribution in [1.82, 2.24) is 30.1 Å². The Hall–Kier alpha value is -9.00. The predicted molar refractivity (Wildman–Crippen MR) is 361 cm³/mol. The monoisotopic (exact) mass is 1270 g/mol. The second-order valence-corrected chi connectivity index (χ2v) is 26.4. The van der Waals surface area contributed by atoms with Crippen molar-refractivity contribution in [2.75, 3.05) is 57.3 Å². The molecule has 6 aromatic rings. The van der Waals surface area contributed by atoms with Gasteiger partial charge in [0.2, 0.25) is 5.91 Å². The first kappa shape index (κ1) is 67.4. The highest BCUT2D eigenvalue weighted by Gasteiger charge is 2.42. The fourth-order valence-corrected chi connectivity index (χ4v) is 13.3. The van der Waals surface area contributed by atoms with Crippen molar-refractivity contribution in [3.63, 3.8) is 0 Å². The maximum Gasteiger partial charge on any atom is 0.453 e. The van der Waals surface area contributed by atoms with E-state index in [4.69, 9.17) is 34.4 Å². The van der Waals surface area contributed by atoms with E-state index in [1.54, 1.807) is 86.6 Å². The number of nitrogens with two attached hydrogens (primary N) is 2. The first-order valence-corrected chi connectivity index (χ1v) is 33.6. The van der Waals surface area contributed by atoms with E-state index in [1.165, 1.54) is 0 Å². The van der Waals surface area contributed by atoms with Gasteiger partial charge in [0.05, 0.1) is 28.9 Å². The van der Waals surface area contributed by atoms with E-state index in [0.717, 1.165) is 96.1 Å². The minimum absolute atomic E-state index is 0.0351. The summed E-state index contributed by atoms with van der Waals surface area (Å²) < 4.78 is 48.3. The second kappa shape index (κ2) is 31.4. The predicted octanol–water partition coefficient (Wildman–Crippen LogP) is 12.9. The SMILES string of the molecule is CCN=c1ccc2c(-c3ccccc3C(=O)N3CCN(C(=O)CCCCCCCn4cc(CC(C)(C)OCCC(C)(C)OC(=O)NC(Cc5ccc(N=C(N)N)cc5)P(=O)(Oc5ccccc5)Oc5ccccc5)nn4)CC3)c3ccc(N(CC)CC)cc3oc-2c1. The van der Waals surface area contributed by atoms with Crippen molar-refractivity contribution in [3.8, 4) is 33.9 Å². The molecule has 92 heavy (non-hydrogen) atoms. The van der Waals surface area contributed by atoms with Crippen molar-refractivity contribution in [1.29, 1.82) is 0 Å². The summed E-state index contributed by atoms with van der Waals surface area (Å²) in [4.78, 5) is 56.7. The number of unbranched alkanes of at least 4 members (excludes halogenated alkanes) is 4. The lowest BCUT2D eigenvalue weighted by molar-refractivity contribution is -0.132. The average Bonchev–Trinajstić information content (AvgIpc) is 0.826. The van der Waals surface area contributed by atoms with Crippen LogP contribution in [0.25, 0.3) is 33.4 Å². The van der Waals surface area contributed by atoms with E-state index >= 15 is 4.57 Å². The van der Waals surface area contributed by atoms with Gasteiger partial charge in [0.15, 0.2) is 11.7 Å². The number of para-hydroxylation sites is 2. The van der Waals surface area contributed by atoms with E-state index in [1.807, 2.05) is 96.0 Å². The minimum Gasteiger partial charge on any atom is -0.456 e. The van der Waals surface area contributed by atoms with E-state index in [9.17, 15) is 14.4 Å². The van der Waals surface area contributed by atoms with Crippen LogP contribution >= 0.6 is 7.60 Å². The summed E-state index contributed by atoms with van der Waals surface area (Å²) in [7, 11) is -4.26. The molecule has 0 spiro atoms. The second-order valence-electron chi connectivity index (χ2n) is 24.3. The zero-order valence-corrected chi connectivity index (χ0v) is 55.0. The molecule has 1 saturated heterocycles. The maximum atomic E-state index is 15.1. The van der Waals surface area contributed by atoms with Crippen molar-refractivity contribution < 1.29 is 41.9 Å². The number of piperazine rings is 1. The van der Waals surface area contributed by atoms with Gasteiger partial charge in [-0.25, -0.2) is 14.4 Å². The number of ether oxygens (including phenoxy) is 2. The Balaban J connectivity index is 0.703. The van der Waals surface area contributed by atoms with Crippen LogP contribution in [0.2, 0.25) is 0 Å². The molecule has 2 aliphatic heterocycles. The molecule has 9 rings (SSSR count). The number of aromatic nitrogens is 3. The van der Waals surface area contributed by atoms with E-state index in [-0.39, 0.29) is 30.8 Å². The molecular formula is C71H88N11O9P. The molecule has 21 heteroatoms. The lowest BCUT2D eigenvalue weighted by Gasteiger charge is -2.35. The van der Waals surface area contributed by atoms with E-state index in [2.05, 4.69) is 62.6 Å². The highest BCUT2D eigenvalue weighted by atomic mass is 31.2. The number of benzene rings is 6. The number of carbonyl (C=O) groups is 3. The number of hydrogen-bond donors (Lipinski definition) is 3. The highest BCUT2D eigenvalue weighted by Crippen LogP contribution is 2.53. The Labute approximate surface area is 539 Å². The van der Waals surface area contributed by atoms with Gasteiger partial charge in [0, 0.05) is 124 Å². The Kier molecular flexibility index (Phi) is 23.0. The number of fused-ring (bicyclic) bond motifs is 2.